The van der Waals surface area contributed by atoms with Gasteiger partial charge in [-0.15, -0.1) is 0 Å². The van der Waals surface area contributed by atoms with Crippen LogP contribution in [0.15, 0.2) is 12.2 Å². The highest BCUT2D eigenvalue weighted by atomic mass is 16.3. The van der Waals surface area contributed by atoms with Gasteiger partial charge in [-0.05, 0) is 38.5 Å². The van der Waals surface area contributed by atoms with Crippen LogP contribution in [0.3, 0.4) is 0 Å². The van der Waals surface area contributed by atoms with Crippen LogP contribution in [0.25, 0.3) is 0 Å². The Labute approximate surface area is 149 Å². The number of allylic oxidation sites excluding steroid dienone is 2. The Bertz CT molecular complexity index is 341. The summed E-state index contributed by atoms with van der Waals surface area (Å²) < 4.78 is 0. The molecule has 1 rings (SSSR count). The Kier molecular flexibility index (Phi) is 12.8. The molecule has 0 aromatic carbocycles. The maximum absolute atomic E-state index is 11.5. The monoisotopic (exact) mass is 337 g/mol. The van der Waals surface area contributed by atoms with E-state index in [1.165, 1.54) is 70.6 Å². The molecule has 1 amide bonds. The van der Waals surface area contributed by atoms with E-state index in [-0.39, 0.29) is 18.1 Å². The van der Waals surface area contributed by atoms with Crippen LogP contribution in [0.5, 0.6) is 0 Å². The van der Waals surface area contributed by atoms with Crippen LogP contribution in [0.4, 0.5) is 0 Å². The zero-order valence-electron chi connectivity index (χ0n) is 15.8. The molecule has 3 nitrogen and oxygen atoms in total. The highest BCUT2D eigenvalue weighted by Crippen LogP contribution is 2.20. The molecule has 0 saturated heterocycles. The van der Waals surface area contributed by atoms with E-state index in [9.17, 15) is 4.79 Å². The first-order valence-corrected chi connectivity index (χ1v) is 10.4. The minimum absolute atomic E-state index is 0.0422. The van der Waals surface area contributed by atoms with Crippen LogP contribution >= 0.6 is 0 Å². The Morgan fingerprint density at radius 3 is 1.96 bits per heavy atom. The fourth-order valence-electron chi connectivity index (χ4n) is 2.97. The molecular formula is C21H39NO2. The number of carbonyl (C=O) groups is 1. The number of unbranched alkanes of at least 4 members (excludes halogenated alkanes) is 11. The molecule has 140 valence electrons. The van der Waals surface area contributed by atoms with Gasteiger partial charge >= 0.3 is 0 Å². The summed E-state index contributed by atoms with van der Waals surface area (Å²) in [6, 6.07) is 0.0422. The number of rotatable bonds is 16. The van der Waals surface area contributed by atoms with E-state index in [4.69, 9.17) is 5.11 Å². The third kappa shape index (κ3) is 12.6. The molecule has 24 heavy (non-hydrogen) atoms. The van der Waals surface area contributed by atoms with Crippen LogP contribution in [0.2, 0.25) is 0 Å². The Morgan fingerprint density at radius 1 is 0.917 bits per heavy atom. The molecule has 0 aliphatic heterocycles. The van der Waals surface area contributed by atoms with Gasteiger partial charge in [0.2, 0.25) is 5.91 Å². The van der Waals surface area contributed by atoms with Crippen molar-refractivity contribution in [2.75, 3.05) is 0 Å². The molecule has 0 aromatic rings. The van der Waals surface area contributed by atoms with E-state index in [1.807, 2.05) is 0 Å². The summed E-state index contributed by atoms with van der Waals surface area (Å²) in [6.07, 6.45) is 22.4. The summed E-state index contributed by atoms with van der Waals surface area (Å²) in [4.78, 5) is 11.5. The van der Waals surface area contributed by atoms with Crippen molar-refractivity contribution in [3.05, 3.63) is 12.2 Å². The van der Waals surface area contributed by atoms with E-state index in [0.29, 0.717) is 6.42 Å². The van der Waals surface area contributed by atoms with Crippen LogP contribution in [-0.2, 0) is 4.79 Å². The molecule has 0 aromatic heterocycles. The number of aliphatic hydroxyl groups is 1. The van der Waals surface area contributed by atoms with Crippen molar-refractivity contribution >= 4 is 5.91 Å². The van der Waals surface area contributed by atoms with Gasteiger partial charge in [-0.25, -0.2) is 0 Å². The predicted octanol–water partition coefficient (Wildman–Crippen LogP) is 5.27. The van der Waals surface area contributed by atoms with Crippen molar-refractivity contribution in [1.82, 2.24) is 5.32 Å². The third-order valence-corrected chi connectivity index (χ3v) is 4.77. The Balaban J connectivity index is 1.74. The summed E-state index contributed by atoms with van der Waals surface area (Å²) in [5.74, 6) is 0.106. The highest BCUT2D eigenvalue weighted by molar-refractivity contribution is 5.76. The van der Waals surface area contributed by atoms with E-state index >= 15 is 0 Å². The number of aliphatic hydroxyl groups excluding tert-OH is 1. The lowest BCUT2D eigenvalue weighted by molar-refractivity contribution is -0.121. The smallest absolute Gasteiger partial charge is 0.220 e. The van der Waals surface area contributed by atoms with Crippen molar-refractivity contribution in [2.45, 2.75) is 115 Å². The summed E-state index contributed by atoms with van der Waals surface area (Å²) in [6.45, 7) is 2.26. The van der Waals surface area contributed by atoms with Gasteiger partial charge in [-0.3, -0.25) is 4.79 Å². The molecule has 1 saturated carbocycles. The number of hydrogen-bond donors (Lipinski definition) is 2. The molecule has 0 spiro atoms. The van der Waals surface area contributed by atoms with Crippen LogP contribution in [-0.4, -0.2) is 23.2 Å². The SMILES string of the molecule is CCCCCCCC/C=C\CCCCCCCC(=O)N[C@H]1C[C@@H]1O. The fourth-order valence-corrected chi connectivity index (χ4v) is 2.97. The minimum atomic E-state index is -0.289. The van der Waals surface area contributed by atoms with Gasteiger partial charge in [-0.2, -0.15) is 0 Å². The molecule has 0 unspecified atom stereocenters. The summed E-state index contributed by atoms with van der Waals surface area (Å²) in [7, 11) is 0. The van der Waals surface area contributed by atoms with Gasteiger partial charge in [-0.1, -0.05) is 70.4 Å². The lowest BCUT2D eigenvalue weighted by Crippen LogP contribution is -2.27. The average molecular weight is 338 g/mol. The summed E-state index contributed by atoms with van der Waals surface area (Å²) in [5.41, 5.74) is 0. The maximum Gasteiger partial charge on any atom is 0.220 e. The number of hydrogen-bond acceptors (Lipinski definition) is 2. The second kappa shape index (κ2) is 14.5. The van der Waals surface area contributed by atoms with Crippen molar-refractivity contribution in [1.29, 1.82) is 0 Å². The highest BCUT2D eigenvalue weighted by Gasteiger charge is 2.36. The van der Waals surface area contributed by atoms with Crippen molar-refractivity contribution in [3.63, 3.8) is 0 Å². The van der Waals surface area contributed by atoms with E-state index < -0.39 is 0 Å². The van der Waals surface area contributed by atoms with E-state index in [2.05, 4.69) is 24.4 Å². The molecule has 2 N–H and O–H groups in total. The summed E-state index contributed by atoms with van der Waals surface area (Å²) >= 11 is 0. The molecule has 0 bridgehead atoms. The molecule has 3 heteroatoms. The second-order valence-corrected chi connectivity index (χ2v) is 7.31. The average Bonchev–Trinajstić information content (AvgIpc) is 3.25. The second-order valence-electron chi connectivity index (χ2n) is 7.31. The lowest BCUT2D eigenvalue weighted by Gasteiger charge is -2.03. The normalized spacial score (nSPS) is 19.8. The molecule has 1 aliphatic rings. The fraction of sp³-hybridized carbons (Fsp3) is 0.857. The van der Waals surface area contributed by atoms with Crippen LogP contribution in [0, 0.1) is 0 Å². The Morgan fingerprint density at radius 2 is 1.42 bits per heavy atom. The first kappa shape index (κ1) is 21.2. The topological polar surface area (TPSA) is 49.3 Å². The van der Waals surface area contributed by atoms with Gasteiger partial charge in [0.1, 0.15) is 0 Å². The van der Waals surface area contributed by atoms with Gasteiger partial charge in [0.05, 0.1) is 12.1 Å². The number of nitrogens with one attached hydrogen (secondary N) is 1. The molecule has 0 radical (unpaired) electrons. The molecule has 1 aliphatic carbocycles. The summed E-state index contributed by atoms with van der Waals surface area (Å²) in [5, 5.41) is 12.0. The van der Waals surface area contributed by atoms with Crippen molar-refractivity contribution in [3.8, 4) is 0 Å². The minimum Gasteiger partial charge on any atom is -0.391 e. The first-order valence-electron chi connectivity index (χ1n) is 10.4. The van der Waals surface area contributed by atoms with E-state index in [1.54, 1.807) is 0 Å². The zero-order chi connectivity index (χ0) is 17.5. The molecular weight excluding hydrogens is 298 g/mol. The molecule has 0 heterocycles. The quantitative estimate of drug-likeness (QED) is 0.297. The zero-order valence-corrected chi connectivity index (χ0v) is 15.8. The molecule has 2 atom stereocenters. The van der Waals surface area contributed by atoms with Gasteiger partial charge in [0, 0.05) is 6.42 Å². The van der Waals surface area contributed by atoms with Crippen molar-refractivity contribution in [2.24, 2.45) is 0 Å². The largest absolute Gasteiger partial charge is 0.391 e. The molecule has 1 fully saturated rings. The first-order chi connectivity index (χ1) is 11.7. The van der Waals surface area contributed by atoms with Crippen LogP contribution < -0.4 is 5.32 Å². The number of amides is 1. The van der Waals surface area contributed by atoms with Gasteiger partial charge in [0.25, 0.3) is 0 Å². The Hall–Kier alpha value is -0.830. The maximum atomic E-state index is 11.5. The van der Waals surface area contributed by atoms with Crippen molar-refractivity contribution < 1.29 is 9.90 Å². The standard InChI is InChI=1S/C21H39NO2/c1-2-3-4-5-6-7-8-9-10-11-12-13-14-15-16-17-21(24)22-19-18-20(19)23/h9-10,19-20,23H,2-8,11-18H2,1H3,(H,22,24)/b10-9-/t19-,20-/m0/s1. The predicted molar refractivity (Wildman–Crippen MR) is 102 cm³/mol. The number of carbonyl (C=O) groups excluding carboxylic acids is 1. The van der Waals surface area contributed by atoms with Crippen LogP contribution in [0.1, 0.15) is 103 Å². The third-order valence-electron chi connectivity index (χ3n) is 4.77. The van der Waals surface area contributed by atoms with Gasteiger partial charge < -0.3 is 10.4 Å². The van der Waals surface area contributed by atoms with Gasteiger partial charge in [0.15, 0.2) is 0 Å². The van der Waals surface area contributed by atoms with E-state index in [0.717, 1.165) is 19.3 Å². The lowest BCUT2D eigenvalue weighted by atomic mass is 10.1.